The number of nitrogens with one attached hydrogen (secondary N) is 2. The zero-order valence-corrected chi connectivity index (χ0v) is 13.6. The Hall–Kier alpha value is -2.36. The van der Waals surface area contributed by atoms with Crippen LogP contribution < -0.4 is 10.6 Å². The average Bonchev–Trinajstić information content (AvgIpc) is 2.50. The van der Waals surface area contributed by atoms with Crippen LogP contribution in [0.1, 0.15) is 35.5 Å². The van der Waals surface area contributed by atoms with Crippen molar-refractivity contribution in [2.75, 3.05) is 17.2 Å². The smallest absolute Gasteiger partial charge is 0.274 e. The number of aromatic nitrogens is 1. The number of hydrogen-bond donors (Lipinski definition) is 2. The molecule has 1 aromatic carbocycles. The summed E-state index contributed by atoms with van der Waals surface area (Å²) in [4.78, 5) is 16.5. The molecule has 0 aliphatic rings. The lowest BCUT2D eigenvalue weighted by atomic mass is 10.1. The fraction of sp³-hybridized carbons (Fsp3) is 0.333. The third-order valence-corrected chi connectivity index (χ3v) is 3.56. The first kappa shape index (κ1) is 16.0. The molecule has 1 aromatic heterocycles. The summed E-state index contributed by atoms with van der Waals surface area (Å²) < 4.78 is 0. The minimum atomic E-state index is -0.193. The SMILES string of the molecule is Cc1cccc(NC(=O)c2cc(NCC(C)C)ccn2)c1C. The molecule has 0 fully saturated rings. The van der Waals surface area contributed by atoms with Gasteiger partial charge in [0.05, 0.1) is 0 Å². The fourth-order valence-corrected chi connectivity index (χ4v) is 2.06. The Labute approximate surface area is 132 Å². The monoisotopic (exact) mass is 297 g/mol. The number of carbonyl (C=O) groups is 1. The van der Waals surface area contributed by atoms with Gasteiger partial charge in [-0.1, -0.05) is 26.0 Å². The van der Waals surface area contributed by atoms with E-state index in [0.29, 0.717) is 11.6 Å². The van der Waals surface area contributed by atoms with E-state index in [4.69, 9.17) is 0 Å². The molecule has 0 saturated heterocycles. The van der Waals surface area contributed by atoms with Gasteiger partial charge in [-0.3, -0.25) is 9.78 Å². The van der Waals surface area contributed by atoms with Gasteiger partial charge in [0.1, 0.15) is 5.69 Å². The van der Waals surface area contributed by atoms with E-state index in [0.717, 1.165) is 29.0 Å². The summed E-state index contributed by atoms with van der Waals surface area (Å²) in [6.07, 6.45) is 1.65. The average molecular weight is 297 g/mol. The molecule has 0 radical (unpaired) electrons. The first-order valence-corrected chi connectivity index (χ1v) is 7.55. The van der Waals surface area contributed by atoms with Crippen LogP contribution in [-0.4, -0.2) is 17.4 Å². The van der Waals surface area contributed by atoms with E-state index in [1.807, 2.05) is 38.1 Å². The van der Waals surface area contributed by atoms with E-state index in [2.05, 4.69) is 29.5 Å². The van der Waals surface area contributed by atoms with Crippen LogP contribution in [0.2, 0.25) is 0 Å². The van der Waals surface area contributed by atoms with Crippen molar-refractivity contribution in [1.29, 1.82) is 0 Å². The molecule has 1 heterocycles. The summed E-state index contributed by atoms with van der Waals surface area (Å²) in [7, 11) is 0. The van der Waals surface area contributed by atoms with Crippen molar-refractivity contribution in [3.8, 4) is 0 Å². The maximum Gasteiger partial charge on any atom is 0.274 e. The lowest BCUT2D eigenvalue weighted by molar-refractivity contribution is 0.102. The Bertz CT molecular complexity index is 665. The van der Waals surface area contributed by atoms with Crippen molar-refractivity contribution in [2.24, 2.45) is 5.92 Å². The molecule has 4 nitrogen and oxygen atoms in total. The van der Waals surface area contributed by atoms with Crippen LogP contribution in [0.15, 0.2) is 36.5 Å². The third-order valence-electron chi connectivity index (χ3n) is 3.56. The maximum atomic E-state index is 12.4. The van der Waals surface area contributed by atoms with Crippen molar-refractivity contribution < 1.29 is 4.79 Å². The maximum absolute atomic E-state index is 12.4. The van der Waals surface area contributed by atoms with Crippen LogP contribution >= 0.6 is 0 Å². The number of nitrogens with zero attached hydrogens (tertiary/aromatic N) is 1. The Morgan fingerprint density at radius 2 is 2.00 bits per heavy atom. The van der Waals surface area contributed by atoms with E-state index < -0.39 is 0 Å². The Morgan fingerprint density at radius 1 is 1.23 bits per heavy atom. The van der Waals surface area contributed by atoms with Crippen molar-refractivity contribution >= 4 is 17.3 Å². The molecule has 116 valence electrons. The molecule has 0 atom stereocenters. The largest absolute Gasteiger partial charge is 0.385 e. The summed E-state index contributed by atoms with van der Waals surface area (Å²) in [6, 6.07) is 9.52. The molecular weight excluding hydrogens is 274 g/mol. The van der Waals surface area contributed by atoms with Gasteiger partial charge in [0.2, 0.25) is 0 Å². The molecule has 4 heteroatoms. The number of benzene rings is 1. The molecule has 0 bridgehead atoms. The zero-order valence-electron chi connectivity index (χ0n) is 13.6. The van der Waals surface area contributed by atoms with Crippen molar-refractivity contribution in [3.63, 3.8) is 0 Å². The molecule has 2 aromatic rings. The molecule has 0 saturated carbocycles. The van der Waals surface area contributed by atoms with Crippen molar-refractivity contribution in [1.82, 2.24) is 4.98 Å². The molecule has 0 aliphatic carbocycles. The summed E-state index contributed by atoms with van der Waals surface area (Å²) in [5.74, 6) is 0.349. The first-order valence-electron chi connectivity index (χ1n) is 7.55. The molecular formula is C18H23N3O. The lowest BCUT2D eigenvalue weighted by Gasteiger charge is -2.12. The van der Waals surface area contributed by atoms with Gasteiger partial charge < -0.3 is 10.6 Å². The van der Waals surface area contributed by atoms with E-state index in [-0.39, 0.29) is 5.91 Å². The minimum absolute atomic E-state index is 0.193. The molecule has 0 unspecified atom stereocenters. The highest BCUT2D eigenvalue weighted by atomic mass is 16.1. The molecule has 2 N–H and O–H groups in total. The summed E-state index contributed by atoms with van der Waals surface area (Å²) in [5.41, 5.74) is 4.37. The Kier molecular flexibility index (Phi) is 5.15. The number of pyridine rings is 1. The highest BCUT2D eigenvalue weighted by Gasteiger charge is 2.10. The Balaban J connectivity index is 2.12. The molecule has 1 amide bonds. The van der Waals surface area contributed by atoms with E-state index >= 15 is 0 Å². The van der Waals surface area contributed by atoms with Crippen LogP contribution in [0.3, 0.4) is 0 Å². The third kappa shape index (κ3) is 4.07. The highest BCUT2D eigenvalue weighted by molar-refractivity contribution is 6.03. The van der Waals surface area contributed by atoms with Crippen LogP contribution in [-0.2, 0) is 0 Å². The van der Waals surface area contributed by atoms with E-state index in [9.17, 15) is 4.79 Å². The van der Waals surface area contributed by atoms with E-state index in [1.165, 1.54) is 0 Å². The zero-order chi connectivity index (χ0) is 16.1. The summed E-state index contributed by atoms with van der Waals surface area (Å²) in [5, 5.41) is 6.23. The second-order valence-electron chi connectivity index (χ2n) is 5.91. The molecule has 2 rings (SSSR count). The second-order valence-corrected chi connectivity index (χ2v) is 5.91. The van der Waals surface area contributed by atoms with Crippen LogP contribution in [0.4, 0.5) is 11.4 Å². The van der Waals surface area contributed by atoms with Gasteiger partial charge in [-0.15, -0.1) is 0 Å². The van der Waals surface area contributed by atoms with Gasteiger partial charge in [-0.25, -0.2) is 0 Å². The number of aryl methyl sites for hydroxylation is 1. The topological polar surface area (TPSA) is 54.0 Å². The summed E-state index contributed by atoms with van der Waals surface area (Å²) in [6.45, 7) is 9.17. The van der Waals surface area contributed by atoms with Crippen LogP contribution in [0.5, 0.6) is 0 Å². The number of amides is 1. The lowest BCUT2D eigenvalue weighted by Crippen LogP contribution is -2.15. The van der Waals surface area contributed by atoms with Crippen molar-refractivity contribution in [3.05, 3.63) is 53.3 Å². The predicted octanol–water partition coefficient (Wildman–Crippen LogP) is 4.02. The van der Waals surface area contributed by atoms with Crippen LogP contribution in [0, 0.1) is 19.8 Å². The van der Waals surface area contributed by atoms with Gasteiger partial charge in [-0.2, -0.15) is 0 Å². The normalized spacial score (nSPS) is 10.6. The quantitative estimate of drug-likeness (QED) is 0.876. The van der Waals surface area contributed by atoms with Gasteiger partial charge >= 0.3 is 0 Å². The van der Waals surface area contributed by atoms with Crippen molar-refractivity contribution in [2.45, 2.75) is 27.7 Å². The molecule has 0 spiro atoms. The van der Waals surface area contributed by atoms with Gasteiger partial charge in [0, 0.05) is 24.1 Å². The summed E-state index contributed by atoms with van der Waals surface area (Å²) >= 11 is 0. The standard InChI is InChI=1S/C18H23N3O/c1-12(2)11-20-15-8-9-19-17(10-15)18(22)21-16-7-5-6-13(3)14(16)4/h5-10,12H,11H2,1-4H3,(H,19,20)(H,21,22). The molecule has 0 aliphatic heterocycles. The van der Waals surface area contributed by atoms with E-state index in [1.54, 1.807) is 12.3 Å². The predicted molar refractivity (Wildman–Crippen MR) is 91.4 cm³/mol. The number of anilines is 2. The Morgan fingerprint density at radius 3 is 2.73 bits per heavy atom. The van der Waals surface area contributed by atoms with Gasteiger partial charge in [-0.05, 0) is 49.1 Å². The fourth-order valence-electron chi connectivity index (χ4n) is 2.06. The van der Waals surface area contributed by atoms with Gasteiger partial charge in [0.25, 0.3) is 5.91 Å². The first-order chi connectivity index (χ1) is 10.5. The second kappa shape index (κ2) is 7.07. The minimum Gasteiger partial charge on any atom is -0.385 e. The number of hydrogen-bond acceptors (Lipinski definition) is 3. The molecule has 22 heavy (non-hydrogen) atoms. The number of carbonyl (C=O) groups excluding carboxylic acids is 1. The number of rotatable bonds is 5. The van der Waals surface area contributed by atoms with Gasteiger partial charge in [0.15, 0.2) is 0 Å². The highest BCUT2D eigenvalue weighted by Crippen LogP contribution is 2.19. The van der Waals surface area contributed by atoms with Crippen LogP contribution in [0.25, 0.3) is 0 Å².